The lowest BCUT2D eigenvalue weighted by molar-refractivity contribution is -0.143. The van der Waals surface area contributed by atoms with Gasteiger partial charge in [0.25, 0.3) is 0 Å². The highest BCUT2D eigenvalue weighted by molar-refractivity contribution is 5.75. The Bertz CT molecular complexity index is 1060. The number of nitrogens with zero attached hydrogens (tertiary/aromatic N) is 2. The van der Waals surface area contributed by atoms with Crippen molar-refractivity contribution in [3.63, 3.8) is 0 Å². The molecule has 2 aromatic carbocycles. The number of hydrogen-bond acceptors (Lipinski definition) is 6. The van der Waals surface area contributed by atoms with Gasteiger partial charge in [-0.05, 0) is 74.9 Å². The molecule has 0 aromatic heterocycles. The number of benzene rings is 2. The Morgan fingerprint density at radius 2 is 1.55 bits per heavy atom. The van der Waals surface area contributed by atoms with Crippen molar-refractivity contribution in [2.24, 2.45) is 11.7 Å². The number of alkyl halides is 6. The predicted octanol–water partition coefficient (Wildman–Crippen LogP) is 5.89. The van der Waals surface area contributed by atoms with E-state index in [0.29, 0.717) is 24.6 Å². The lowest BCUT2D eigenvalue weighted by atomic mass is 9.99. The lowest BCUT2D eigenvalue weighted by Crippen LogP contribution is -2.46. The number of nitrogens with two attached hydrogens (primary N) is 1. The molecule has 0 saturated carbocycles. The van der Waals surface area contributed by atoms with Crippen molar-refractivity contribution < 1.29 is 40.7 Å². The van der Waals surface area contributed by atoms with Crippen LogP contribution in [0.2, 0.25) is 0 Å². The molecular weight excluding hydrogens is 590 g/mol. The summed E-state index contributed by atoms with van der Waals surface area (Å²) < 4.78 is 79.7. The molecule has 1 aliphatic rings. The van der Waals surface area contributed by atoms with Gasteiger partial charge in [0, 0.05) is 33.3 Å². The minimum atomic E-state index is -4.83. The van der Waals surface area contributed by atoms with Crippen LogP contribution in [0.4, 0.5) is 26.3 Å². The minimum absolute atomic E-state index is 0.0892. The fourth-order valence-corrected chi connectivity index (χ4v) is 4.70. The number of carbonyl (C=O) groups excluding carboxylic acids is 2. The molecule has 1 aliphatic heterocycles. The van der Waals surface area contributed by atoms with Gasteiger partial charge in [-0.2, -0.15) is 26.3 Å². The van der Waals surface area contributed by atoms with Crippen molar-refractivity contribution in [3.05, 3.63) is 70.8 Å². The van der Waals surface area contributed by atoms with Crippen LogP contribution in [0, 0.1) is 5.92 Å². The molecule has 2 unspecified atom stereocenters. The van der Waals surface area contributed by atoms with Crippen LogP contribution in [0.1, 0.15) is 61.0 Å². The maximum Gasteiger partial charge on any atom is 0.416 e. The summed E-state index contributed by atoms with van der Waals surface area (Å²) in [6, 6.07) is 12.0. The first kappa shape index (κ1) is 39.0. The molecule has 13 heteroatoms. The quantitative estimate of drug-likeness (QED) is 0.283. The van der Waals surface area contributed by atoms with E-state index in [2.05, 4.69) is 40.8 Å². The molecule has 44 heavy (non-hydrogen) atoms. The molecule has 2 atom stereocenters. The number of hydrazine groups is 1. The highest BCUT2D eigenvalue weighted by Crippen LogP contribution is 2.37. The van der Waals surface area contributed by atoms with Gasteiger partial charge in [0.2, 0.25) is 5.91 Å². The average molecular weight is 635 g/mol. The Morgan fingerprint density at radius 3 is 2.02 bits per heavy atom. The molecule has 1 amide bonds. The second-order valence-corrected chi connectivity index (χ2v) is 10.7. The Balaban J connectivity index is 0.000000433. The Kier molecular flexibility index (Phi) is 17.2. The number of amides is 1. The molecule has 0 bridgehead atoms. The highest BCUT2D eigenvalue weighted by atomic mass is 19.4. The fraction of sp³-hybridized carbons (Fsp3) is 0.548. The van der Waals surface area contributed by atoms with Gasteiger partial charge >= 0.3 is 12.4 Å². The monoisotopic (exact) mass is 634 g/mol. The smallest absolute Gasteiger partial charge is 0.377 e. The molecular formula is C31H44F6N4O3. The molecule has 3 rings (SSSR count). The Morgan fingerprint density at radius 1 is 1.00 bits per heavy atom. The first-order valence-electron chi connectivity index (χ1n) is 14.3. The van der Waals surface area contributed by atoms with E-state index in [1.165, 1.54) is 38.9 Å². The largest absolute Gasteiger partial charge is 0.416 e. The molecule has 0 spiro atoms. The number of halogens is 6. The first-order chi connectivity index (χ1) is 20.7. The average Bonchev–Trinajstić information content (AvgIpc) is 2.99. The van der Waals surface area contributed by atoms with Gasteiger partial charge < -0.3 is 15.3 Å². The van der Waals surface area contributed by atoms with Crippen LogP contribution in [0.25, 0.3) is 0 Å². The number of likely N-dealkylation sites (N-methyl/N-ethyl adjacent to an activating group) is 1. The SMILES string of the molecule is C=O.CN(CC(N)=O)CC(CCc1ccccc1)CNN1CCCCC1.COC(C)c1cc(C(F)(F)F)cc(C(F)(F)F)c1. The summed E-state index contributed by atoms with van der Waals surface area (Å²) in [5.74, 6) is 0.236. The predicted molar refractivity (Wildman–Crippen MR) is 157 cm³/mol. The standard InChI is InChI=1S/C19H32N4O.C11H10F6O.CH2O/c1-22(16-19(20)24)15-18(11-10-17-8-4-2-5-9-17)14-21-23-12-6-3-7-13-23;1-6(18-2)7-3-8(10(12,13)14)5-9(4-7)11(15,16)17;1-2/h2,4-5,8-9,18,21H,3,6-7,10-16H2,1H3,(H2,20,24);3-6H,1-2H3;1H2. The van der Waals surface area contributed by atoms with Crippen molar-refractivity contribution in [1.29, 1.82) is 0 Å². The molecule has 0 radical (unpaired) electrons. The second-order valence-electron chi connectivity index (χ2n) is 10.7. The van der Waals surface area contributed by atoms with E-state index in [1.54, 1.807) is 0 Å². The van der Waals surface area contributed by atoms with E-state index in [4.69, 9.17) is 15.3 Å². The van der Waals surface area contributed by atoms with Gasteiger partial charge in [-0.15, -0.1) is 0 Å². The van der Waals surface area contributed by atoms with E-state index < -0.39 is 29.6 Å². The second kappa shape index (κ2) is 19.4. The third kappa shape index (κ3) is 15.1. The number of methoxy groups -OCH3 is 1. The molecule has 1 saturated heterocycles. The number of carbonyl (C=O) groups is 2. The van der Waals surface area contributed by atoms with Gasteiger partial charge in [-0.1, -0.05) is 36.8 Å². The third-order valence-electron chi connectivity index (χ3n) is 7.07. The van der Waals surface area contributed by atoms with Crippen molar-refractivity contribution in [1.82, 2.24) is 15.3 Å². The first-order valence-corrected chi connectivity index (χ1v) is 14.3. The zero-order chi connectivity index (χ0) is 33.3. The van der Waals surface area contributed by atoms with E-state index in [0.717, 1.165) is 39.0 Å². The lowest BCUT2D eigenvalue weighted by Gasteiger charge is -2.30. The van der Waals surface area contributed by atoms with Gasteiger partial charge in [0.1, 0.15) is 6.79 Å². The van der Waals surface area contributed by atoms with E-state index in [-0.39, 0.29) is 17.5 Å². The van der Waals surface area contributed by atoms with Gasteiger partial charge in [0.05, 0.1) is 23.8 Å². The third-order valence-corrected chi connectivity index (χ3v) is 7.07. The van der Waals surface area contributed by atoms with Crippen molar-refractivity contribution >= 4 is 12.7 Å². The number of aryl methyl sites for hydroxylation is 1. The van der Waals surface area contributed by atoms with Crippen molar-refractivity contribution in [2.45, 2.75) is 57.5 Å². The Labute approximate surface area is 255 Å². The highest BCUT2D eigenvalue weighted by Gasteiger charge is 2.37. The summed E-state index contributed by atoms with van der Waals surface area (Å²) in [6.07, 6.45) is -4.43. The normalized spacial score (nSPS) is 15.4. The number of ether oxygens (including phenoxy) is 1. The number of rotatable bonds is 12. The number of primary amides is 1. The summed E-state index contributed by atoms with van der Waals surface area (Å²) in [6.45, 7) is 7.82. The number of nitrogens with one attached hydrogen (secondary N) is 1. The summed E-state index contributed by atoms with van der Waals surface area (Å²) in [5.41, 5.74) is 7.46. The van der Waals surface area contributed by atoms with Crippen LogP contribution in [0.3, 0.4) is 0 Å². The van der Waals surface area contributed by atoms with Crippen molar-refractivity contribution in [2.75, 3.05) is 46.9 Å². The molecule has 1 heterocycles. The van der Waals surface area contributed by atoms with Crippen LogP contribution >= 0.6 is 0 Å². The van der Waals surface area contributed by atoms with Gasteiger partial charge in [-0.3, -0.25) is 15.1 Å². The summed E-state index contributed by atoms with van der Waals surface area (Å²) in [7, 11) is 3.18. The van der Waals surface area contributed by atoms with Gasteiger partial charge in [0.15, 0.2) is 0 Å². The van der Waals surface area contributed by atoms with Crippen LogP contribution in [0.5, 0.6) is 0 Å². The summed E-state index contributed by atoms with van der Waals surface area (Å²) >= 11 is 0. The minimum Gasteiger partial charge on any atom is -0.377 e. The molecule has 7 nitrogen and oxygen atoms in total. The fourth-order valence-electron chi connectivity index (χ4n) is 4.70. The zero-order valence-corrected chi connectivity index (χ0v) is 25.5. The number of piperidine rings is 1. The van der Waals surface area contributed by atoms with Crippen LogP contribution < -0.4 is 11.2 Å². The summed E-state index contributed by atoms with van der Waals surface area (Å²) in [4.78, 5) is 21.2. The van der Waals surface area contributed by atoms with Crippen LogP contribution in [-0.2, 0) is 33.1 Å². The van der Waals surface area contributed by atoms with E-state index in [1.807, 2.05) is 18.7 Å². The van der Waals surface area contributed by atoms with Crippen molar-refractivity contribution in [3.8, 4) is 0 Å². The molecule has 0 aliphatic carbocycles. The molecule has 248 valence electrons. The topological polar surface area (TPSA) is 87.9 Å². The maximum atomic E-state index is 12.5. The molecule has 3 N–H and O–H groups in total. The molecule has 2 aromatic rings. The van der Waals surface area contributed by atoms with Crippen LogP contribution in [0.15, 0.2) is 48.5 Å². The molecule has 1 fully saturated rings. The van der Waals surface area contributed by atoms with E-state index in [9.17, 15) is 31.1 Å². The summed E-state index contributed by atoms with van der Waals surface area (Å²) in [5, 5.41) is 2.35. The van der Waals surface area contributed by atoms with E-state index >= 15 is 0 Å². The Hall–Kier alpha value is -3.00. The van der Waals surface area contributed by atoms with Gasteiger partial charge in [-0.25, -0.2) is 5.01 Å². The van der Waals surface area contributed by atoms with Crippen LogP contribution in [-0.4, -0.2) is 69.5 Å². The zero-order valence-electron chi connectivity index (χ0n) is 25.5. The number of hydrogen-bond donors (Lipinski definition) is 2. The maximum absolute atomic E-state index is 12.5.